The van der Waals surface area contributed by atoms with Gasteiger partial charge in [-0.25, -0.2) is 4.98 Å². The summed E-state index contributed by atoms with van der Waals surface area (Å²) in [6.07, 6.45) is 1.50. The number of nitrogens with zero attached hydrogens (tertiary/aromatic N) is 1. The Morgan fingerprint density at radius 2 is 1.83 bits per heavy atom. The van der Waals surface area contributed by atoms with Crippen molar-refractivity contribution in [2.75, 3.05) is 5.73 Å². The quantitative estimate of drug-likeness (QED) is 0.830. The third kappa shape index (κ3) is 2.54. The number of nitrogen functional groups attached to an aromatic ring is 1. The molecule has 0 saturated heterocycles. The largest absolute Gasteiger partial charge is 0.392 e. The molecule has 2 aromatic rings. The highest BCUT2D eigenvalue weighted by atomic mass is 35.5. The topological polar surface area (TPSA) is 59.1 Å². The Bertz CT molecular complexity index is 602. The minimum absolute atomic E-state index is 0.133. The van der Waals surface area contributed by atoms with E-state index in [0.717, 1.165) is 0 Å². The van der Waals surface area contributed by atoms with Gasteiger partial charge in [-0.2, -0.15) is 0 Å². The number of rotatable bonds is 2. The summed E-state index contributed by atoms with van der Waals surface area (Å²) >= 11 is 18.0. The first-order valence-corrected chi connectivity index (χ1v) is 6.16. The van der Waals surface area contributed by atoms with Gasteiger partial charge in [-0.1, -0.05) is 34.8 Å². The van der Waals surface area contributed by atoms with Gasteiger partial charge < -0.3 is 10.8 Å². The van der Waals surface area contributed by atoms with Crippen molar-refractivity contribution in [1.29, 1.82) is 0 Å². The van der Waals surface area contributed by atoms with Crippen LogP contribution in [0.15, 0.2) is 24.4 Å². The molecule has 6 heteroatoms. The summed E-state index contributed by atoms with van der Waals surface area (Å²) in [6, 6.07) is 4.91. The third-order valence-corrected chi connectivity index (χ3v) is 3.46. The normalized spacial score (nSPS) is 10.7. The van der Waals surface area contributed by atoms with Gasteiger partial charge in [-0.05, 0) is 23.8 Å². The second-order valence-electron chi connectivity index (χ2n) is 3.68. The van der Waals surface area contributed by atoms with Gasteiger partial charge in [0, 0.05) is 22.3 Å². The van der Waals surface area contributed by atoms with E-state index in [1.165, 1.54) is 6.20 Å². The van der Waals surface area contributed by atoms with E-state index in [-0.39, 0.29) is 6.61 Å². The molecule has 3 N–H and O–H groups in total. The molecule has 1 aromatic carbocycles. The number of aliphatic hydroxyl groups is 1. The van der Waals surface area contributed by atoms with Crippen molar-refractivity contribution in [2.45, 2.75) is 6.61 Å². The molecular weight excluding hydrogens is 295 g/mol. The molecule has 0 radical (unpaired) electrons. The summed E-state index contributed by atoms with van der Waals surface area (Å²) in [5, 5.41) is 10.3. The van der Waals surface area contributed by atoms with Crippen molar-refractivity contribution in [3.8, 4) is 11.1 Å². The van der Waals surface area contributed by atoms with Crippen LogP contribution in [0, 0.1) is 0 Å². The average molecular weight is 304 g/mol. The maximum Gasteiger partial charge on any atom is 0.131 e. The van der Waals surface area contributed by atoms with Gasteiger partial charge in [0.2, 0.25) is 0 Å². The van der Waals surface area contributed by atoms with E-state index in [4.69, 9.17) is 45.6 Å². The summed E-state index contributed by atoms with van der Waals surface area (Å²) in [4.78, 5) is 4.00. The molecule has 0 aliphatic carbocycles. The van der Waals surface area contributed by atoms with Crippen molar-refractivity contribution in [3.63, 3.8) is 0 Å². The van der Waals surface area contributed by atoms with Crippen LogP contribution < -0.4 is 5.73 Å². The number of aliphatic hydroxyl groups excluding tert-OH is 1. The lowest BCUT2D eigenvalue weighted by atomic mass is 10.0. The number of anilines is 1. The summed E-state index contributed by atoms with van der Waals surface area (Å²) in [5.74, 6) is 0.299. The molecule has 18 heavy (non-hydrogen) atoms. The number of hydrogen-bond donors (Lipinski definition) is 2. The van der Waals surface area contributed by atoms with Crippen molar-refractivity contribution in [2.24, 2.45) is 0 Å². The van der Waals surface area contributed by atoms with Crippen molar-refractivity contribution < 1.29 is 5.11 Å². The summed E-state index contributed by atoms with van der Waals surface area (Å²) in [5.41, 5.74) is 7.62. The zero-order valence-electron chi connectivity index (χ0n) is 9.12. The SMILES string of the molecule is Nc1ncc(CO)cc1-c1cc(Cl)cc(Cl)c1Cl. The Morgan fingerprint density at radius 1 is 1.11 bits per heavy atom. The lowest BCUT2D eigenvalue weighted by Gasteiger charge is -2.10. The van der Waals surface area contributed by atoms with Gasteiger partial charge in [0.25, 0.3) is 0 Å². The summed E-state index contributed by atoms with van der Waals surface area (Å²) in [7, 11) is 0. The highest BCUT2D eigenvalue weighted by Crippen LogP contribution is 2.38. The first-order chi connectivity index (χ1) is 8.52. The van der Waals surface area contributed by atoms with Crippen LogP contribution in [0.3, 0.4) is 0 Å². The van der Waals surface area contributed by atoms with Crippen LogP contribution in [0.5, 0.6) is 0 Å². The standard InChI is InChI=1S/C12H9Cl3N2O/c13-7-2-8(11(15)10(14)3-7)9-1-6(5-18)4-17-12(9)16/h1-4,18H,5H2,(H2,16,17). The van der Waals surface area contributed by atoms with Gasteiger partial charge in [0.15, 0.2) is 0 Å². The molecule has 0 amide bonds. The average Bonchev–Trinajstić information content (AvgIpc) is 2.34. The Hall–Kier alpha value is -1.000. The zero-order valence-corrected chi connectivity index (χ0v) is 11.4. The predicted octanol–water partition coefficient (Wildman–Crippen LogP) is 3.78. The van der Waals surface area contributed by atoms with Crippen molar-refractivity contribution in [3.05, 3.63) is 45.0 Å². The number of hydrogen-bond acceptors (Lipinski definition) is 3. The zero-order chi connectivity index (χ0) is 13.3. The van der Waals surface area contributed by atoms with Crippen LogP contribution >= 0.6 is 34.8 Å². The molecule has 0 fully saturated rings. The Kier molecular flexibility index (Phi) is 3.97. The Morgan fingerprint density at radius 3 is 2.50 bits per heavy atom. The molecule has 1 heterocycles. The number of nitrogens with two attached hydrogens (primary N) is 1. The second-order valence-corrected chi connectivity index (χ2v) is 4.91. The molecule has 94 valence electrons. The van der Waals surface area contributed by atoms with Crippen LogP contribution in [-0.2, 0) is 6.61 Å². The maximum absolute atomic E-state index is 9.11. The van der Waals surface area contributed by atoms with E-state index < -0.39 is 0 Å². The molecule has 3 nitrogen and oxygen atoms in total. The van der Waals surface area contributed by atoms with Gasteiger partial charge in [-0.3, -0.25) is 0 Å². The molecule has 0 atom stereocenters. The number of aromatic nitrogens is 1. The Balaban J connectivity index is 2.68. The first-order valence-electron chi connectivity index (χ1n) is 5.03. The minimum atomic E-state index is -0.133. The number of benzene rings is 1. The van der Waals surface area contributed by atoms with E-state index in [9.17, 15) is 0 Å². The fourth-order valence-corrected chi connectivity index (χ4v) is 2.28. The van der Waals surface area contributed by atoms with Gasteiger partial charge in [0.05, 0.1) is 16.7 Å². The van der Waals surface area contributed by atoms with Crippen molar-refractivity contribution >= 4 is 40.6 Å². The molecule has 0 saturated carbocycles. The number of pyridine rings is 1. The van der Waals surface area contributed by atoms with Gasteiger partial charge >= 0.3 is 0 Å². The van der Waals surface area contributed by atoms with E-state index in [1.54, 1.807) is 18.2 Å². The predicted molar refractivity (Wildman–Crippen MR) is 75.0 cm³/mol. The van der Waals surface area contributed by atoms with Crippen LogP contribution in [0.4, 0.5) is 5.82 Å². The smallest absolute Gasteiger partial charge is 0.131 e. The maximum atomic E-state index is 9.11. The number of halogens is 3. The summed E-state index contributed by atoms with van der Waals surface area (Å²) in [6.45, 7) is -0.133. The van der Waals surface area contributed by atoms with E-state index in [2.05, 4.69) is 4.98 Å². The van der Waals surface area contributed by atoms with E-state index in [0.29, 0.717) is 37.6 Å². The summed E-state index contributed by atoms with van der Waals surface area (Å²) < 4.78 is 0. The second kappa shape index (κ2) is 5.33. The fourth-order valence-electron chi connectivity index (χ4n) is 1.57. The fraction of sp³-hybridized carbons (Fsp3) is 0.0833. The monoisotopic (exact) mass is 302 g/mol. The molecule has 0 aliphatic rings. The Labute approximate surface area is 119 Å². The third-order valence-electron chi connectivity index (χ3n) is 2.44. The van der Waals surface area contributed by atoms with Crippen LogP contribution in [0.25, 0.3) is 11.1 Å². The molecular formula is C12H9Cl3N2O. The molecule has 0 unspecified atom stereocenters. The van der Waals surface area contributed by atoms with Crippen molar-refractivity contribution in [1.82, 2.24) is 4.98 Å². The van der Waals surface area contributed by atoms with Gasteiger partial charge in [0.1, 0.15) is 5.82 Å². The molecule has 1 aromatic heterocycles. The minimum Gasteiger partial charge on any atom is -0.392 e. The van der Waals surface area contributed by atoms with E-state index >= 15 is 0 Å². The molecule has 2 rings (SSSR count). The highest BCUT2D eigenvalue weighted by molar-refractivity contribution is 6.45. The molecule has 0 bridgehead atoms. The van der Waals surface area contributed by atoms with Crippen LogP contribution in [0.2, 0.25) is 15.1 Å². The first kappa shape index (κ1) is 13.4. The molecule has 0 aliphatic heterocycles. The van der Waals surface area contributed by atoms with Crippen LogP contribution in [-0.4, -0.2) is 10.1 Å². The lowest BCUT2D eigenvalue weighted by molar-refractivity contribution is 0.281. The van der Waals surface area contributed by atoms with Gasteiger partial charge in [-0.15, -0.1) is 0 Å². The van der Waals surface area contributed by atoms with Crippen LogP contribution in [0.1, 0.15) is 5.56 Å². The van der Waals surface area contributed by atoms with E-state index in [1.807, 2.05) is 0 Å². The lowest BCUT2D eigenvalue weighted by Crippen LogP contribution is -1.97. The highest BCUT2D eigenvalue weighted by Gasteiger charge is 2.13. The molecule has 0 spiro atoms.